The number of carbonyl (C=O) groups excluding carboxylic acids is 2. The Labute approximate surface area is 159 Å². The third kappa shape index (κ3) is 4.54. The molecule has 1 heterocycles. The number of rotatable bonds is 7. The van der Waals surface area contributed by atoms with Gasteiger partial charge >= 0.3 is 0 Å². The van der Waals surface area contributed by atoms with E-state index < -0.39 is 6.04 Å². The number of carbonyl (C=O) groups is 2. The van der Waals surface area contributed by atoms with Crippen LogP contribution in [0, 0.1) is 11.7 Å². The van der Waals surface area contributed by atoms with Crippen molar-refractivity contribution in [3.05, 3.63) is 71.0 Å². The number of halogens is 1. The predicted octanol–water partition coefficient (Wildman–Crippen LogP) is 4.08. The summed E-state index contributed by atoms with van der Waals surface area (Å²) in [6, 6.07) is 13.1. The Balaban J connectivity index is 1.80. The van der Waals surface area contributed by atoms with Crippen LogP contribution in [-0.4, -0.2) is 23.3 Å². The van der Waals surface area contributed by atoms with Crippen LogP contribution in [0.1, 0.15) is 54.2 Å². The highest BCUT2D eigenvalue weighted by atomic mass is 19.1. The van der Waals surface area contributed by atoms with Crippen molar-refractivity contribution in [2.24, 2.45) is 5.92 Å². The second-order valence-electron chi connectivity index (χ2n) is 7.39. The van der Waals surface area contributed by atoms with Gasteiger partial charge in [-0.25, -0.2) is 4.39 Å². The smallest absolute Gasteiger partial charge is 0.255 e. The molecule has 0 saturated carbocycles. The summed E-state index contributed by atoms with van der Waals surface area (Å²) in [5.74, 6) is -0.0218. The van der Waals surface area contributed by atoms with E-state index in [1.54, 1.807) is 17.0 Å². The van der Waals surface area contributed by atoms with Gasteiger partial charge in [0.15, 0.2) is 0 Å². The van der Waals surface area contributed by atoms with Crippen LogP contribution in [0.4, 0.5) is 4.39 Å². The van der Waals surface area contributed by atoms with E-state index in [9.17, 15) is 14.0 Å². The summed E-state index contributed by atoms with van der Waals surface area (Å²) >= 11 is 0. The lowest BCUT2D eigenvalue weighted by atomic mass is 10.0. The molecule has 0 radical (unpaired) electrons. The molecule has 0 fully saturated rings. The van der Waals surface area contributed by atoms with Crippen molar-refractivity contribution < 1.29 is 14.0 Å². The first-order chi connectivity index (χ1) is 13.0. The summed E-state index contributed by atoms with van der Waals surface area (Å²) in [6.07, 6.45) is 1.06. The fourth-order valence-electron chi connectivity index (χ4n) is 3.37. The predicted molar refractivity (Wildman–Crippen MR) is 103 cm³/mol. The second-order valence-corrected chi connectivity index (χ2v) is 7.39. The number of benzene rings is 2. The van der Waals surface area contributed by atoms with Gasteiger partial charge in [0.05, 0.1) is 12.5 Å². The largest absolute Gasteiger partial charge is 0.356 e. The Bertz CT molecular complexity index is 817. The molecule has 1 unspecified atom stereocenters. The van der Waals surface area contributed by atoms with Crippen LogP contribution >= 0.6 is 0 Å². The van der Waals surface area contributed by atoms with Crippen molar-refractivity contribution in [1.29, 1.82) is 0 Å². The molecular formula is C22H25FN2O2. The fraction of sp³-hybridized carbons (Fsp3) is 0.364. The van der Waals surface area contributed by atoms with E-state index >= 15 is 0 Å². The molecule has 0 aliphatic carbocycles. The molecular weight excluding hydrogens is 343 g/mol. The zero-order valence-electron chi connectivity index (χ0n) is 15.7. The van der Waals surface area contributed by atoms with Crippen molar-refractivity contribution in [1.82, 2.24) is 10.2 Å². The average molecular weight is 368 g/mol. The SMILES string of the molecule is CC(C)CCNC(=O)CC(c1ccc(F)cc1)N1Cc2ccccc2C1=O. The molecule has 4 nitrogen and oxygen atoms in total. The highest BCUT2D eigenvalue weighted by Gasteiger charge is 2.34. The Morgan fingerprint density at radius 2 is 1.85 bits per heavy atom. The Morgan fingerprint density at radius 1 is 1.15 bits per heavy atom. The van der Waals surface area contributed by atoms with E-state index in [1.165, 1.54) is 12.1 Å². The molecule has 2 amide bonds. The van der Waals surface area contributed by atoms with Crippen LogP contribution < -0.4 is 5.32 Å². The molecule has 0 saturated heterocycles. The maximum atomic E-state index is 13.4. The standard InChI is InChI=1S/C22H25FN2O2/c1-15(2)11-12-24-21(26)13-20(16-7-9-18(23)10-8-16)25-14-17-5-3-4-6-19(17)22(25)27/h3-10,15,20H,11-14H2,1-2H3,(H,24,26). The second kappa shape index (κ2) is 8.33. The number of nitrogens with zero attached hydrogens (tertiary/aromatic N) is 1. The van der Waals surface area contributed by atoms with Gasteiger partial charge < -0.3 is 10.2 Å². The zero-order chi connectivity index (χ0) is 19.4. The molecule has 1 N–H and O–H groups in total. The van der Waals surface area contributed by atoms with Gasteiger partial charge in [0, 0.05) is 18.7 Å². The van der Waals surface area contributed by atoms with Crippen molar-refractivity contribution in [3.8, 4) is 0 Å². The van der Waals surface area contributed by atoms with Gasteiger partial charge in [0.1, 0.15) is 5.82 Å². The molecule has 0 bridgehead atoms. The average Bonchev–Trinajstić information content (AvgIpc) is 2.97. The van der Waals surface area contributed by atoms with Gasteiger partial charge in [-0.3, -0.25) is 9.59 Å². The maximum absolute atomic E-state index is 13.4. The molecule has 2 aromatic carbocycles. The number of fused-ring (bicyclic) bond motifs is 1. The lowest BCUT2D eigenvalue weighted by Gasteiger charge is -2.28. The summed E-state index contributed by atoms with van der Waals surface area (Å²) in [5, 5.41) is 2.93. The topological polar surface area (TPSA) is 49.4 Å². The molecule has 142 valence electrons. The van der Waals surface area contributed by atoms with E-state index in [4.69, 9.17) is 0 Å². The van der Waals surface area contributed by atoms with Crippen molar-refractivity contribution in [2.45, 2.75) is 39.3 Å². The van der Waals surface area contributed by atoms with Crippen LogP contribution in [0.3, 0.4) is 0 Å². The van der Waals surface area contributed by atoms with Crippen molar-refractivity contribution in [2.75, 3.05) is 6.54 Å². The monoisotopic (exact) mass is 368 g/mol. The minimum atomic E-state index is -0.426. The van der Waals surface area contributed by atoms with Gasteiger partial charge in [-0.1, -0.05) is 44.2 Å². The lowest BCUT2D eigenvalue weighted by Crippen LogP contribution is -2.34. The van der Waals surface area contributed by atoms with Gasteiger partial charge in [0.2, 0.25) is 5.91 Å². The molecule has 27 heavy (non-hydrogen) atoms. The van der Waals surface area contributed by atoms with Gasteiger partial charge in [0.25, 0.3) is 5.91 Å². The summed E-state index contributed by atoms with van der Waals surface area (Å²) in [6.45, 7) is 5.28. The first kappa shape index (κ1) is 19.1. The molecule has 0 spiro atoms. The molecule has 1 aliphatic heterocycles. The quantitative estimate of drug-likeness (QED) is 0.801. The van der Waals surface area contributed by atoms with Gasteiger partial charge in [-0.2, -0.15) is 0 Å². The summed E-state index contributed by atoms with van der Waals surface area (Å²) in [4.78, 5) is 27.1. The van der Waals surface area contributed by atoms with Crippen molar-refractivity contribution >= 4 is 11.8 Å². The Kier molecular flexibility index (Phi) is 5.89. The Hall–Kier alpha value is -2.69. The minimum absolute atomic E-state index is 0.0881. The molecule has 1 aliphatic rings. The number of nitrogens with one attached hydrogen (secondary N) is 1. The van der Waals surface area contributed by atoms with Crippen molar-refractivity contribution in [3.63, 3.8) is 0 Å². The van der Waals surface area contributed by atoms with Gasteiger partial charge in [-0.05, 0) is 41.7 Å². The minimum Gasteiger partial charge on any atom is -0.356 e. The van der Waals surface area contributed by atoms with E-state index in [1.807, 2.05) is 24.3 Å². The number of amides is 2. The number of hydrogen-bond acceptors (Lipinski definition) is 2. The molecule has 1 atom stereocenters. The van der Waals surface area contributed by atoms with E-state index in [0.29, 0.717) is 24.6 Å². The zero-order valence-corrected chi connectivity index (χ0v) is 15.7. The Morgan fingerprint density at radius 3 is 2.52 bits per heavy atom. The highest BCUT2D eigenvalue weighted by molar-refractivity contribution is 5.98. The summed E-state index contributed by atoms with van der Waals surface area (Å²) in [5.41, 5.74) is 2.39. The first-order valence-corrected chi connectivity index (χ1v) is 9.36. The van der Waals surface area contributed by atoms with E-state index in [-0.39, 0.29) is 24.1 Å². The lowest BCUT2D eigenvalue weighted by molar-refractivity contribution is -0.122. The van der Waals surface area contributed by atoms with Crippen LogP contribution in [0.5, 0.6) is 0 Å². The first-order valence-electron chi connectivity index (χ1n) is 9.36. The summed E-state index contributed by atoms with van der Waals surface area (Å²) in [7, 11) is 0. The van der Waals surface area contributed by atoms with E-state index in [0.717, 1.165) is 17.5 Å². The highest BCUT2D eigenvalue weighted by Crippen LogP contribution is 2.33. The fourth-order valence-corrected chi connectivity index (χ4v) is 3.37. The molecule has 2 aromatic rings. The van der Waals surface area contributed by atoms with Crippen LogP contribution in [0.15, 0.2) is 48.5 Å². The molecule has 5 heteroatoms. The molecule has 0 aromatic heterocycles. The normalized spacial score (nSPS) is 14.4. The van der Waals surface area contributed by atoms with Crippen LogP contribution in [0.25, 0.3) is 0 Å². The van der Waals surface area contributed by atoms with E-state index in [2.05, 4.69) is 19.2 Å². The molecule has 3 rings (SSSR count). The third-order valence-electron chi connectivity index (χ3n) is 4.90. The van der Waals surface area contributed by atoms with Gasteiger partial charge in [-0.15, -0.1) is 0 Å². The van der Waals surface area contributed by atoms with Crippen LogP contribution in [-0.2, 0) is 11.3 Å². The number of hydrogen-bond donors (Lipinski definition) is 1. The maximum Gasteiger partial charge on any atom is 0.255 e. The van der Waals surface area contributed by atoms with Crippen LogP contribution in [0.2, 0.25) is 0 Å². The summed E-state index contributed by atoms with van der Waals surface area (Å²) < 4.78 is 13.4. The third-order valence-corrected chi connectivity index (χ3v) is 4.90.